The van der Waals surface area contributed by atoms with Crippen molar-refractivity contribution in [1.29, 1.82) is 0 Å². The van der Waals surface area contributed by atoms with Crippen LogP contribution in [0.15, 0.2) is 12.2 Å². The molecule has 1 heterocycles. The Bertz CT molecular complexity index is 259. The average Bonchev–Trinajstić information content (AvgIpc) is 2.34. The van der Waals surface area contributed by atoms with Crippen LogP contribution >= 0.6 is 0 Å². The molecule has 0 aromatic rings. The average molecular weight is 208 g/mol. The molecule has 0 aromatic carbocycles. The van der Waals surface area contributed by atoms with Crippen LogP contribution in [0.25, 0.3) is 0 Å². The molecule has 0 saturated heterocycles. The lowest BCUT2D eigenvalue weighted by Gasteiger charge is -2.19. The van der Waals surface area contributed by atoms with Crippen molar-refractivity contribution in [3.05, 3.63) is 12.2 Å². The van der Waals surface area contributed by atoms with E-state index < -0.39 is 0 Å². The monoisotopic (exact) mass is 208 g/mol. The van der Waals surface area contributed by atoms with Gasteiger partial charge >= 0.3 is 0 Å². The molecule has 0 N–H and O–H groups in total. The van der Waals surface area contributed by atoms with Gasteiger partial charge in [-0.15, -0.1) is 0 Å². The second-order valence-corrected chi connectivity index (χ2v) is 4.85. The summed E-state index contributed by atoms with van der Waals surface area (Å²) >= 11 is 0. The zero-order valence-electron chi connectivity index (χ0n) is 11.0. The summed E-state index contributed by atoms with van der Waals surface area (Å²) in [6.45, 7) is 9.27. The molecule has 1 rings (SSSR count). The zero-order chi connectivity index (χ0) is 11.4. The van der Waals surface area contributed by atoms with Gasteiger partial charge in [0.15, 0.2) is 11.8 Å². The highest BCUT2D eigenvalue weighted by molar-refractivity contribution is 5.86. The molecule has 1 nitrogen and oxygen atoms in total. The standard InChI is InChI=1S/C14H26N/c1-6-13(7-2)14-11(3)9-8-10-12(4)15(14)5/h8-9,11-13H,6-7,10H2,1-5H3/q+1. The fraction of sp³-hybridized carbons (Fsp3) is 0.786. The van der Waals surface area contributed by atoms with Gasteiger partial charge in [-0.25, -0.2) is 4.58 Å². The van der Waals surface area contributed by atoms with Crippen LogP contribution in [0, 0.1) is 11.8 Å². The quantitative estimate of drug-likeness (QED) is 0.493. The molecule has 1 aliphatic heterocycles. The van der Waals surface area contributed by atoms with Crippen LogP contribution in [0.3, 0.4) is 0 Å². The first-order valence-corrected chi connectivity index (χ1v) is 6.37. The highest BCUT2D eigenvalue weighted by Gasteiger charge is 2.28. The van der Waals surface area contributed by atoms with Gasteiger partial charge in [0.25, 0.3) is 0 Å². The lowest BCUT2D eigenvalue weighted by Crippen LogP contribution is -2.33. The summed E-state index contributed by atoms with van der Waals surface area (Å²) in [4.78, 5) is 0. The van der Waals surface area contributed by atoms with E-state index in [2.05, 4.69) is 51.5 Å². The predicted molar refractivity (Wildman–Crippen MR) is 67.6 cm³/mol. The first-order valence-electron chi connectivity index (χ1n) is 6.37. The van der Waals surface area contributed by atoms with Crippen LogP contribution in [0.5, 0.6) is 0 Å². The van der Waals surface area contributed by atoms with Crippen molar-refractivity contribution in [2.24, 2.45) is 11.8 Å². The van der Waals surface area contributed by atoms with E-state index in [1.54, 1.807) is 5.71 Å². The van der Waals surface area contributed by atoms with Crippen LogP contribution in [-0.2, 0) is 0 Å². The molecule has 0 fully saturated rings. The SMILES string of the molecule is CCC(CC)C1=[N+](C)C(C)CC=CC1C. The van der Waals surface area contributed by atoms with Gasteiger partial charge in [-0.1, -0.05) is 26.0 Å². The Morgan fingerprint density at radius 1 is 1.33 bits per heavy atom. The summed E-state index contributed by atoms with van der Waals surface area (Å²) in [5.74, 6) is 1.38. The molecule has 15 heavy (non-hydrogen) atoms. The molecule has 0 saturated carbocycles. The molecule has 0 bridgehead atoms. The Hall–Kier alpha value is -0.590. The van der Waals surface area contributed by atoms with Crippen LogP contribution in [-0.4, -0.2) is 23.4 Å². The highest BCUT2D eigenvalue weighted by atomic mass is 15.0. The number of allylic oxidation sites excluding steroid dienone is 1. The van der Waals surface area contributed by atoms with E-state index in [1.165, 1.54) is 19.3 Å². The molecular formula is C14H26N+. The van der Waals surface area contributed by atoms with Crippen molar-refractivity contribution in [2.45, 2.75) is 53.0 Å². The third-order valence-electron chi connectivity index (χ3n) is 3.84. The molecule has 0 aliphatic carbocycles. The van der Waals surface area contributed by atoms with Gasteiger partial charge in [0.1, 0.15) is 7.05 Å². The summed E-state index contributed by atoms with van der Waals surface area (Å²) < 4.78 is 2.52. The first kappa shape index (κ1) is 12.5. The number of rotatable bonds is 3. The minimum absolute atomic E-state index is 0.616. The topological polar surface area (TPSA) is 3.01 Å². The molecule has 0 aromatic heterocycles. The summed E-state index contributed by atoms with van der Waals surface area (Å²) in [5.41, 5.74) is 1.64. The van der Waals surface area contributed by atoms with Gasteiger partial charge in [0.2, 0.25) is 0 Å². The second-order valence-electron chi connectivity index (χ2n) is 4.85. The second kappa shape index (κ2) is 5.48. The zero-order valence-corrected chi connectivity index (χ0v) is 11.0. The third kappa shape index (κ3) is 2.70. The normalized spacial score (nSPS) is 27.3. The Kier molecular flexibility index (Phi) is 4.56. The maximum absolute atomic E-state index is 2.52. The maximum Gasteiger partial charge on any atom is 0.162 e. The van der Waals surface area contributed by atoms with E-state index in [0.717, 1.165) is 5.92 Å². The van der Waals surface area contributed by atoms with E-state index in [-0.39, 0.29) is 0 Å². The van der Waals surface area contributed by atoms with Gasteiger partial charge < -0.3 is 0 Å². The minimum Gasteiger partial charge on any atom is -0.236 e. The van der Waals surface area contributed by atoms with Crippen molar-refractivity contribution >= 4 is 5.71 Å². The molecule has 1 heteroatoms. The lowest BCUT2D eigenvalue weighted by atomic mass is 9.88. The van der Waals surface area contributed by atoms with E-state index in [0.29, 0.717) is 12.0 Å². The molecule has 86 valence electrons. The molecule has 2 atom stereocenters. The summed E-state index contributed by atoms with van der Waals surface area (Å²) in [6.07, 6.45) is 8.45. The Balaban J connectivity index is 3.05. The van der Waals surface area contributed by atoms with Crippen molar-refractivity contribution < 1.29 is 4.58 Å². The summed E-state index contributed by atoms with van der Waals surface area (Å²) in [6, 6.07) is 0.654. The maximum atomic E-state index is 2.52. The van der Waals surface area contributed by atoms with E-state index in [4.69, 9.17) is 0 Å². The molecule has 0 amide bonds. The predicted octanol–water partition coefficient (Wildman–Crippen LogP) is 3.49. The van der Waals surface area contributed by atoms with E-state index in [9.17, 15) is 0 Å². The van der Waals surface area contributed by atoms with Crippen LogP contribution in [0.2, 0.25) is 0 Å². The Morgan fingerprint density at radius 3 is 2.47 bits per heavy atom. The van der Waals surface area contributed by atoms with Crippen molar-refractivity contribution in [3.8, 4) is 0 Å². The fourth-order valence-corrected chi connectivity index (χ4v) is 2.68. The van der Waals surface area contributed by atoms with Crippen molar-refractivity contribution in [3.63, 3.8) is 0 Å². The smallest absolute Gasteiger partial charge is 0.162 e. The van der Waals surface area contributed by atoms with Gasteiger partial charge in [-0.2, -0.15) is 0 Å². The number of nitrogens with zero attached hydrogens (tertiary/aromatic N) is 1. The molecule has 1 aliphatic rings. The Labute approximate surface area is 94.9 Å². The van der Waals surface area contributed by atoms with Crippen LogP contribution in [0.4, 0.5) is 0 Å². The Morgan fingerprint density at radius 2 is 1.93 bits per heavy atom. The van der Waals surface area contributed by atoms with Gasteiger partial charge in [0.05, 0.1) is 5.92 Å². The molecule has 0 radical (unpaired) electrons. The van der Waals surface area contributed by atoms with Gasteiger partial charge in [-0.3, -0.25) is 0 Å². The van der Waals surface area contributed by atoms with Crippen LogP contribution < -0.4 is 0 Å². The number of hydrogen-bond acceptors (Lipinski definition) is 0. The highest BCUT2D eigenvalue weighted by Crippen LogP contribution is 2.21. The van der Waals surface area contributed by atoms with Crippen molar-refractivity contribution in [1.82, 2.24) is 0 Å². The lowest BCUT2D eigenvalue weighted by molar-refractivity contribution is -0.537. The van der Waals surface area contributed by atoms with Crippen LogP contribution in [0.1, 0.15) is 47.0 Å². The first-order chi connectivity index (χ1) is 7.11. The van der Waals surface area contributed by atoms with Gasteiger partial charge in [-0.05, 0) is 26.7 Å². The van der Waals surface area contributed by atoms with Crippen molar-refractivity contribution in [2.75, 3.05) is 7.05 Å². The number of hydrogen-bond donors (Lipinski definition) is 0. The van der Waals surface area contributed by atoms with E-state index >= 15 is 0 Å². The minimum atomic E-state index is 0.616. The fourth-order valence-electron chi connectivity index (χ4n) is 2.68. The summed E-state index contributed by atoms with van der Waals surface area (Å²) in [5, 5.41) is 0. The molecule has 0 spiro atoms. The third-order valence-corrected chi connectivity index (χ3v) is 3.84. The molecule has 2 unspecified atom stereocenters. The van der Waals surface area contributed by atoms with E-state index in [1.807, 2.05) is 0 Å². The molecular weight excluding hydrogens is 182 g/mol. The summed E-state index contributed by atoms with van der Waals surface area (Å²) in [7, 11) is 2.27. The largest absolute Gasteiger partial charge is 0.236 e. The van der Waals surface area contributed by atoms with Gasteiger partial charge in [0, 0.05) is 12.3 Å².